The van der Waals surface area contributed by atoms with Gasteiger partial charge < -0.3 is 9.88 Å². The van der Waals surface area contributed by atoms with Gasteiger partial charge in [0, 0.05) is 24.7 Å². The molecule has 0 radical (unpaired) electrons. The molecule has 1 aliphatic rings. The Morgan fingerprint density at radius 3 is 2.84 bits per heavy atom. The summed E-state index contributed by atoms with van der Waals surface area (Å²) in [5.74, 6) is -0.415. The summed E-state index contributed by atoms with van der Waals surface area (Å²) in [4.78, 5) is 35.1. The Morgan fingerprint density at radius 2 is 2.16 bits per heavy atom. The van der Waals surface area contributed by atoms with Crippen LogP contribution in [0.3, 0.4) is 0 Å². The molecular weight excluding hydrogens is 244 g/mol. The van der Waals surface area contributed by atoms with Crippen LogP contribution in [0.1, 0.15) is 44.2 Å². The number of piperidine rings is 1. The number of Topliss-reactive ketones (excluding diaryl/α,β-unsaturated/α-hetero) is 1. The molecule has 5 nitrogen and oxygen atoms in total. The van der Waals surface area contributed by atoms with Crippen molar-refractivity contribution in [2.45, 2.75) is 45.2 Å². The van der Waals surface area contributed by atoms with Gasteiger partial charge in [-0.25, -0.2) is 0 Å². The first kappa shape index (κ1) is 13.5. The Labute approximate surface area is 111 Å². The van der Waals surface area contributed by atoms with Crippen molar-refractivity contribution in [3.05, 3.63) is 34.2 Å². The molecule has 1 amide bonds. The normalized spacial score (nSPS) is 19.3. The van der Waals surface area contributed by atoms with Crippen LogP contribution in [0.5, 0.6) is 0 Å². The van der Waals surface area contributed by atoms with E-state index in [1.165, 1.54) is 0 Å². The van der Waals surface area contributed by atoms with Gasteiger partial charge in [0.05, 0.1) is 12.5 Å². The van der Waals surface area contributed by atoms with E-state index in [1.54, 1.807) is 22.9 Å². The average Bonchev–Trinajstić information content (AvgIpc) is 2.36. The van der Waals surface area contributed by atoms with Gasteiger partial charge in [0.25, 0.3) is 5.56 Å². The Kier molecular flexibility index (Phi) is 4.14. The van der Waals surface area contributed by atoms with E-state index in [0.717, 1.165) is 12.8 Å². The summed E-state index contributed by atoms with van der Waals surface area (Å²) >= 11 is 0. The fourth-order valence-electron chi connectivity index (χ4n) is 2.29. The zero-order valence-electron chi connectivity index (χ0n) is 11.0. The predicted molar refractivity (Wildman–Crippen MR) is 70.7 cm³/mol. The van der Waals surface area contributed by atoms with Gasteiger partial charge in [-0.1, -0.05) is 13.3 Å². The molecule has 1 saturated heterocycles. The number of hydrogen-bond acceptors (Lipinski definition) is 3. The summed E-state index contributed by atoms with van der Waals surface area (Å²) in [5.41, 5.74) is 0.385. The van der Waals surface area contributed by atoms with Crippen LogP contribution in [0.4, 0.5) is 0 Å². The smallest absolute Gasteiger partial charge is 0.255 e. The molecule has 1 N–H and O–H groups in total. The van der Waals surface area contributed by atoms with Crippen LogP contribution in [-0.4, -0.2) is 16.3 Å². The highest BCUT2D eigenvalue weighted by atomic mass is 16.2. The number of nitrogens with zero attached hydrogens (tertiary/aromatic N) is 1. The van der Waals surface area contributed by atoms with Crippen LogP contribution in [0.25, 0.3) is 0 Å². The van der Waals surface area contributed by atoms with Crippen LogP contribution in [0.2, 0.25) is 0 Å². The molecule has 0 bridgehead atoms. The second-order valence-corrected chi connectivity index (χ2v) is 4.86. The summed E-state index contributed by atoms with van der Waals surface area (Å²) in [6.07, 6.45) is 3.81. The number of hydrogen-bond donors (Lipinski definition) is 1. The van der Waals surface area contributed by atoms with E-state index >= 15 is 0 Å². The van der Waals surface area contributed by atoms with Crippen LogP contribution in [0, 0.1) is 0 Å². The molecule has 1 aromatic rings. The summed E-state index contributed by atoms with van der Waals surface area (Å²) in [7, 11) is 0. The second kappa shape index (κ2) is 5.82. The summed E-state index contributed by atoms with van der Waals surface area (Å²) < 4.78 is 1.64. The van der Waals surface area contributed by atoms with Gasteiger partial charge in [-0.3, -0.25) is 14.4 Å². The second-order valence-electron chi connectivity index (χ2n) is 4.86. The molecule has 0 aromatic carbocycles. The van der Waals surface area contributed by atoms with Crippen molar-refractivity contribution in [1.82, 2.24) is 9.88 Å². The topological polar surface area (TPSA) is 68.2 Å². The van der Waals surface area contributed by atoms with Gasteiger partial charge in [0.1, 0.15) is 5.78 Å². The Balaban J connectivity index is 2.27. The zero-order valence-corrected chi connectivity index (χ0v) is 11.0. The van der Waals surface area contributed by atoms with Crippen molar-refractivity contribution < 1.29 is 9.59 Å². The standard InChI is InChI=1S/C14H18N2O3/c1-2-3-6-16-7-4-5-11(14(16)19)12-8-10(17)9-13(18)15-12/h4-5,7,12H,2-3,6,8-9H2,1H3,(H,15,18). The third-order valence-electron chi connectivity index (χ3n) is 3.30. The highest BCUT2D eigenvalue weighted by molar-refractivity contribution is 6.00. The molecule has 1 atom stereocenters. The van der Waals surface area contributed by atoms with Crippen molar-refractivity contribution >= 4 is 11.7 Å². The maximum Gasteiger partial charge on any atom is 0.255 e. The van der Waals surface area contributed by atoms with Crippen LogP contribution in [0.15, 0.2) is 23.1 Å². The first-order chi connectivity index (χ1) is 9.11. The molecule has 1 aliphatic heterocycles. The molecule has 5 heteroatoms. The van der Waals surface area contributed by atoms with E-state index in [0.29, 0.717) is 12.1 Å². The fourth-order valence-corrected chi connectivity index (χ4v) is 2.29. The minimum absolute atomic E-state index is 0.0760. The number of nitrogens with one attached hydrogen (secondary N) is 1. The van der Waals surface area contributed by atoms with E-state index in [-0.39, 0.29) is 30.1 Å². The molecule has 1 aromatic heterocycles. The molecule has 0 saturated carbocycles. The number of amides is 1. The van der Waals surface area contributed by atoms with Gasteiger partial charge in [-0.15, -0.1) is 0 Å². The molecule has 0 spiro atoms. The summed E-state index contributed by atoms with van der Waals surface area (Å²) in [6, 6.07) is 3.00. The Hall–Kier alpha value is -1.91. The highest BCUT2D eigenvalue weighted by Gasteiger charge is 2.27. The number of aryl methyl sites for hydroxylation is 1. The van der Waals surface area contributed by atoms with Crippen LogP contribution in [-0.2, 0) is 16.1 Å². The van der Waals surface area contributed by atoms with Gasteiger partial charge in [0.15, 0.2) is 0 Å². The molecule has 19 heavy (non-hydrogen) atoms. The van der Waals surface area contributed by atoms with E-state index in [1.807, 2.05) is 0 Å². The predicted octanol–water partition coefficient (Wildman–Crippen LogP) is 1.17. The van der Waals surface area contributed by atoms with Crippen molar-refractivity contribution in [3.63, 3.8) is 0 Å². The SMILES string of the molecule is CCCCn1cccc(C2CC(=O)CC(=O)N2)c1=O. The van der Waals surface area contributed by atoms with E-state index in [2.05, 4.69) is 12.2 Å². The number of pyridine rings is 1. The number of aromatic nitrogens is 1. The van der Waals surface area contributed by atoms with Crippen LogP contribution < -0.4 is 10.9 Å². The lowest BCUT2D eigenvalue weighted by Gasteiger charge is -2.22. The lowest BCUT2D eigenvalue weighted by molar-refractivity contribution is -0.132. The van der Waals surface area contributed by atoms with Gasteiger partial charge in [0.2, 0.25) is 5.91 Å². The molecule has 0 aliphatic carbocycles. The maximum atomic E-state index is 12.3. The minimum atomic E-state index is -0.477. The van der Waals surface area contributed by atoms with Crippen molar-refractivity contribution in [2.24, 2.45) is 0 Å². The van der Waals surface area contributed by atoms with Gasteiger partial charge in [-0.05, 0) is 18.6 Å². The van der Waals surface area contributed by atoms with Gasteiger partial charge in [-0.2, -0.15) is 0 Å². The van der Waals surface area contributed by atoms with Crippen LogP contribution >= 0.6 is 0 Å². The average molecular weight is 262 g/mol. The van der Waals surface area contributed by atoms with E-state index in [9.17, 15) is 14.4 Å². The molecule has 1 fully saturated rings. The molecule has 2 rings (SSSR count). The summed E-state index contributed by atoms with van der Waals surface area (Å²) in [5, 5.41) is 2.71. The monoisotopic (exact) mass is 262 g/mol. The lowest BCUT2D eigenvalue weighted by atomic mass is 9.97. The summed E-state index contributed by atoms with van der Waals surface area (Å²) in [6.45, 7) is 2.73. The zero-order chi connectivity index (χ0) is 13.8. The molecule has 102 valence electrons. The molecule has 1 unspecified atom stereocenters. The Morgan fingerprint density at radius 1 is 1.37 bits per heavy atom. The molecular formula is C14H18N2O3. The van der Waals surface area contributed by atoms with Crippen molar-refractivity contribution in [1.29, 1.82) is 0 Å². The fraction of sp³-hybridized carbons (Fsp3) is 0.500. The Bertz CT molecular complexity index is 532. The van der Waals surface area contributed by atoms with E-state index < -0.39 is 6.04 Å². The first-order valence-corrected chi connectivity index (χ1v) is 6.62. The number of carbonyl (C=O) groups is 2. The third-order valence-corrected chi connectivity index (χ3v) is 3.30. The molecule has 2 heterocycles. The lowest BCUT2D eigenvalue weighted by Crippen LogP contribution is -2.40. The van der Waals surface area contributed by atoms with Crippen molar-refractivity contribution in [2.75, 3.05) is 0 Å². The number of ketones is 1. The minimum Gasteiger partial charge on any atom is -0.348 e. The first-order valence-electron chi connectivity index (χ1n) is 6.62. The van der Waals surface area contributed by atoms with E-state index in [4.69, 9.17) is 0 Å². The maximum absolute atomic E-state index is 12.3. The largest absolute Gasteiger partial charge is 0.348 e. The number of carbonyl (C=O) groups excluding carboxylic acids is 2. The highest BCUT2D eigenvalue weighted by Crippen LogP contribution is 2.18. The quantitative estimate of drug-likeness (QED) is 0.828. The van der Waals surface area contributed by atoms with Crippen molar-refractivity contribution in [3.8, 4) is 0 Å². The van der Waals surface area contributed by atoms with Gasteiger partial charge >= 0.3 is 0 Å². The number of rotatable bonds is 4. The third kappa shape index (κ3) is 3.10. The number of unbranched alkanes of at least 4 members (excludes halogenated alkanes) is 1.